The lowest BCUT2D eigenvalue weighted by atomic mass is 9.97. The largest absolute Gasteiger partial charge is 0.388 e. The van der Waals surface area contributed by atoms with E-state index in [2.05, 4.69) is 18.0 Å². The first-order chi connectivity index (χ1) is 9.92. The molecule has 116 valence electrons. The fourth-order valence-corrected chi connectivity index (χ4v) is 2.69. The van der Waals surface area contributed by atoms with Crippen LogP contribution in [-0.2, 0) is 4.79 Å². The number of rotatable bonds is 8. The lowest BCUT2D eigenvalue weighted by Gasteiger charge is -2.10. The Balaban J connectivity index is 2.47. The number of hydrogen-bond acceptors (Lipinski definition) is 4. The Morgan fingerprint density at radius 3 is 2.71 bits per heavy atom. The Bertz CT molecular complexity index is 505. The molecule has 0 radical (unpaired) electrons. The summed E-state index contributed by atoms with van der Waals surface area (Å²) in [5.41, 5.74) is 1.82. The topological polar surface area (TPSA) is 50.2 Å². The number of aryl methyl sites for hydroxylation is 1. The van der Waals surface area contributed by atoms with Gasteiger partial charge in [-0.25, -0.2) is 4.98 Å². The van der Waals surface area contributed by atoms with Gasteiger partial charge in [0.15, 0.2) is 0 Å². The number of aliphatic hydroxyl groups is 1. The molecule has 0 saturated carbocycles. The van der Waals surface area contributed by atoms with E-state index in [1.54, 1.807) is 11.3 Å². The molecule has 0 aliphatic heterocycles. The third kappa shape index (κ3) is 6.82. The molecule has 3 atom stereocenters. The maximum absolute atomic E-state index is 10.6. The highest BCUT2D eigenvalue weighted by molar-refractivity contribution is 7.09. The van der Waals surface area contributed by atoms with Gasteiger partial charge in [-0.2, -0.15) is 0 Å². The molecular weight excluding hydrogens is 282 g/mol. The highest BCUT2D eigenvalue weighted by Gasteiger charge is 2.07. The average molecular weight is 307 g/mol. The molecule has 0 aliphatic carbocycles. The molecule has 0 bridgehead atoms. The van der Waals surface area contributed by atoms with Gasteiger partial charge in [-0.3, -0.25) is 0 Å². The molecular formula is C17H25NO2S. The van der Waals surface area contributed by atoms with Crippen molar-refractivity contribution in [3.8, 4) is 0 Å². The average Bonchev–Trinajstić information content (AvgIpc) is 2.83. The van der Waals surface area contributed by atoms with E-state index >= 15 is 0 Å². The molecule has 1 aromatic rings. The Morgan fingerprint density at radius 1 is 1.43 bits per heavy atom. The first kappa shape index (κ1) is 17.8. The molecule has 0 spiro atoms. The Hall–Kier alpha value is -1.26. The van der Waals surface area contributed by atoms with Crippen LogP contribution in [0, 0.1) is 18.8 Å². The zero-order chi connectivity index (χ0) is 15.8. The first-order valence-electron chi connectivity index (χ1n) is 7.32. The minimum atomic E-state index is -0.487. The van der Waals surface area contributed by atoms with Crippen molar-refractivity contribution >= 4 is 23.7 Å². The molecule has 21 heavy (non-hydrogen) atoms. The smallest absolute Gasteiger partial charge is 0.122 e. The van der Waals surface area contributed by atoms with E-state index in [4.69, 9.17) is 0 Å². The van der Waals surface area contributed by atoms with E-state index < -0.39 is 6.10 Å². The van der Waals surface area contributed by atoms with Crippen molar-refractivity contribution in [1.29, 1.82) is 0 Å². The van der Waals surface area contributed by atoms with Gasteiger partial charge in [-0.05, 0) is 44.3 Å². The second kappa shape index (κ2) is 8.90. The number of aldehydes is 1. The van der Waals surface area contributed by atoms with Gasteiger partial charge in [0.1, 0.15) is 6.29 Å². The quantitative estimate of drug-likeness (QED) is 0.583. The summed E-state index contributed by atoms with van der Waals surface area (Å²) in [5, 5.41) is 13.1. The minimum absolute atomic E-state index is 0.0871. The fraction of sp³-hybridized carbons (Fsp3) is 0.529. The number of aliphatic hydroxyl groups excluding tert-OH is 1. The van der Waals surface area contributed by atoms with Crippen LogP contribution in [0.25, 0.3) is 6.08 Å². The summed E-state index contributed by atoms with van der Waals surface area (Å²) >= 11 is 1.61. The van der Waals surface area contributed by atoms with Gasteiger partial charge >= 0.3 is 0 Å². The summed E-state index contributed by atoms with van der Waals surface area (Å²) in [6, 6.07) is 0. The summed E-state index contributed by atoms with van der Waals surface area (Å²) < 4.78 is 0. The zero-order valence-corrected chi connectivity index (χ0v) is 14.1. The third-order valence-corrected chi connectivity index (χ3v) is 4.13. The molecule has 0 saturated heterocycles. The van der Waals surface area contributed by atoms with Gasteiger partial charge in [0, 0.05) is 11.3 Å². The number of hydrogen-bond donors (Lipinski definition) is 1. The normalized spacial score (nSPS) is 16.9. The summed E-state index contributed by atoms with van der Waals surface area (Å²) in [6.45, 7) is 7.90. The van der Waals surface area contributed by atoms with E-state index in [9.17, 15) is 9.90 Å². The number of allylic oxidation sites excluding steroid dienone is 1. The van der Waals surface area contributed by atoms with Gasteiger partial charge in [-0.1, -0.05) is 26.0 Å². The molecule has 2 unspecified atom stereocenters. The second-order valence-electron chi connectivity index (χ2n) is 5.69. The van der Waals surface area contributed by atoms with Crippen LogP contribution in [0.1, 0.15) is 44.3 Å². The van der Waals surface area contributed by atoms with Crippen molar-refractivity contribution in [2.24, 2.45) is 11.8 Å². The van der Waals surface area contributed by atoms with Crippen molar-refractivity contribution in [2.45, 2.75) is 46.6 Å². The van der Waals surface area contributed by atoms with Crippen molar-refractivity contribution < 1.29 is 9.90 Å². The Morgan fingerprint density at radius 2 is 2.14 bits per heavy atom. The van der Waals surface area contributed by atoms with E-state index in [1.807, 2.05) is 38.3 Å². The van der Waals surface area contributed by atoms with Crippen molar-refractivity contribution in [2.75, 3.05) is 0 Å². The van der Waals surface area contributed by atoms with E-state index in [0.717, 1.165) is 29.0 Å². The predicted octanol–water partition coefficient (Wildman–Crippen LogP) is 4.02. The van der Waals surface area contributed by atoms with Crippen molar-refractivity contribution in [3.63, 3.8) is 0 Å². The molecule has 1 N–H and O–H groups in total. The molecule has 0 amide bonds. The minimum Gasteiger partial charge on any atom is -0.388 e. The standard InChI is InChI=1S/C17H25NO2S/c1-12(8-13(2)10-19)6-5-7-17(20)14(3)9-16-11-21-15(4)18-16/h5-6,9-13,17,20H,7-8H2,1-4H3/b6-5-,14-9+/t12?,13?,17-/m0/s1. The van der Waals surface area contributed by atoms with Crippen LogP contribution < -0.4 is 0 Å². The molecule has 0 fully saturated rings. The number of thiazole rings is 1. The van der Waals surface area contributed by atoms with Gasteiger partial charge < -0.3 is 9.90 Å². The SMILES string of the molecule is C/C(=C\c1csc(C)n1)[C@@H](O)C/C=C\C(C)CC(C)C=O. The highest BCUT2D eigenvalue weighted by Crippen LogP contribution is 2.16. The van der Waals surface area contributed by atoms with Crippen LogP contribution >= 0.6 is 11.3 Å². The van der Waals surface area contributed by atoms with E-state index in [0.29, 0.717) is 12.3 Å². The molecule has 4 heteroatoms. The molecule has 0 aliphatic rings. The van der Waals surface area contributed by atoms with Crippen molar-refractivity contribution in [1.82, 2.24) is 4.98 Å². The highest BCUT2D eigenvalue weighted by atomic mass is 32.1. The second-order valence-corrected chi connectivity index (χ2v) is 6.75. The molecule has 3 nitrogen and oxygen atoms in total. The van der Waals surface area contributed by atoms with Crippen LogP contribution in [0.2, 0.25) is 0 Å². The maximum atomic E-state index is 10.6. The monoisotopic (exact) mass is 307 g/mol. The van der Waals surface area contributed by atoms with E-state index in [-0.39, 0.29) is 5.92 Å². The number of carbonyl (C=O) groups is 1. The maximum Gasteiger partial charge on any atom is 0.122 e. The number of aromatic nitrogens is 1. The summed E-state index contributed by atoms with van der Waals surface area (Å²) in [4.78, 5) is 15.0. The molecule has 1 rings (SSSR count). The zero-order valence-electron chi connectivity index (χ0n) is 13.2. The first-order valence-corrected chi connectivity index (χ1v) is 8.20. The Kier molecular flexibility index (Phi) is 7.54. The van der Waals surface area contributed by atoms with Crippen LogP contribution in [0.5, 0.6) is 0 Å². The molecule has 0 aromatic carbocycles. The molecule has 1 aromatic heterocycles. The Labute approximate surface area is 131 Å². The van der Waals surface area contributed by atoms with Crippen LogP contribution in [0.3, 0.4) is 0 Å². The van der Waals surface area contributed by atoms with Crippen molar-refractivity contribution in [3.05, 3.63) is 33.8 Å². The van der Waals surface area contributed by atoms with Crippen LogP contribution in [-0.4, -0.2) is 22.5 Å². The fourth-order valence-electron chi connectivity index (χ4n) is 2.12. The lowest BCUT2D eigenvalue weighted by molar-refractivity contribution is -0.110. The number of nitrogens with zero attached hydrogens (tertiary/aromatic N) is 1. The van der Waals surface area contributed by atoms with Gasteiger partial charge in [0.2, 0.25) is 0 Å². The van der Waals surface area contributed by atoms with E-state index in [1.165, 1.54) is 0 Å². The number of carbonyl (C=O) groups excluding carboxylic acids is 1. The van der Waals surface area contributed by atoms with Gasteiger partial charge in [-0.15, -0.1) is 11.3 Å². The van der Waals surface area contributed by atoms with Gasteiger partial charge in [0.25, 0.3) is 0 Å². The predicted molar refractivity (Wildman–Crippen MR) is 89.3 cm³/mol. The summed E-state index contributed by atoms with van der Waals surface area (Å²) in [6.07, 6.45) is 7.94. The third-order valence-electron chi connectivity index (χ3n) is 3.34. The summed E-state index contributed by atoms with van der Waals surface area (Å²) in [7, 11) is 0. The van der Waals surface area contributed by atoms with Crippen LogP contribution in [0.15, 0.2) is 23.1 Å². The van der Waals surface area contributed by atoms with Crippen LogP contribution in [0.4, 0.5) is 0 Å². The molecule has 1 heterocycles. The van der Waals surface area contributed by atoms with Gasteiger partial charge in [0.05, 0.1) is 16.8 Å². The summed E-state index contributed by atoms with van der Waals surface area (Å²) in [5.74, 6) is 0.437. The lowest BCUT2D eigenvalue weighted by Crippen LogP contribution is -2.07.